The zero-order valence-corrected chi connectivity index (χ0v) is 16.8. The van der Waals surface area contributed by atoms with Crippen LogP contribution in [0, 0.1) is 5.82 Å². The van der Waals surface area contributed by atoms with E-state index in [0.29, 0.717) is 11.0 Å². The molecule has 0 aliphatic carbocycles. The summed E-state index contributed by atoms with van der Waals surface area (Å²) in [4.78, 5) is 17.3. The van der Waals surface area contributed by atoms with Crippen LogP contribution >= 0.6 is 27.5 Å². The average Bonchev–Trinajstić information content (AvgIpc) is 3.17. The number of ether oxygens (including phenoxy) is 1. The Bertz CT molecular complexity index is 1020. The van der Waals surface area contributed by atoms with Crippen LogP contribution in [-0.4, -0.2) is 39.4 Å². The Balaban J connectivity index is 2.14. The highest BCUT2D eigenvalue weighted by Crippen LogP contribution is 2.36. The number of rotatable bonds is 3. The van der Waals surface area contributed by atoms with Crippen LogP contribution in [0.25, 0.3) is 0 Å². The molecule has 29 heavy (non-hydrogen) atoms. The molecule has 2 aromatic rings. The molecule has 2 heterocycles. The molecule has 1 N–H and O–H groups in total. The van der Waals surface area contributed by atoms with E-state index in [9.17, 15) is 22.4 Å². The maximum Gasteiger partial charge on any atom is 0.436 e. The van der Waals surface area contributed by atoms with Gasteiger partial charge in [0.15, 0.2) is 5.69 Å². The summed E-state index contributed by atoms with van der Waals surface area (Å²) in [6.07, 6.45) is -4.16. The first-order valence-electron chi connectivity index (χ1n) is 7.82. The van der Waals surface area contributed by atoms with Crippen LogP contribution in [0.3, 0.4) is 0 Å². The van der Waals surface area contributed by atoms with Crippen molar-refractivity contribution in [3.8, 4) is 0 Å². The van der Waals surface area contributed by atoms with Crippen molar-refractivity contribution in [2.24, 2.45) is 4.99 Å². The number of carbonyl (C=O) groups is 1. The molecule has 1 atom stereocenters. The number of methoxy groups -OCH3 is 1. The molecule has 3 rings (SSSR count). The Morgan fingerprint density at radius 2 is 2.14 bits per heavy atom. The molecule has 1 aromatic carbocycles. The summed E-state index contributed by atoms with van der Waals surface area (Å²) in [5.74, 6) is -1.54. The summed E-state index contributed by atoms with van der Waals surface area (Å²) in [5.41, 5.74) is -0.682. The Morgan fingerprint density at radius 1 is 1.41 bits per heavy atom. The van der Waals surface area contributed by atoms with Gasteiger partial charge in [-0.3, -0.25) is 0 Å². The first-order chi connectivity index (χ1) is 13.7. The number of hydrogen-bond donors (Lipinski definition) is 1. The third-order valence-electron chi connectivity index (χ3n) is 3.88. The van der Waals surface area contributed by atoms with Crippen molar-refractivity contribution in [3.05, 3.63) is 57.8 Å². The van der Waals surface area contributed by atoms with Gasteiger partial charge in [0.05, 0.1) is 18.9 Å². The number of nitrogens with zero attached hydrogens (tertiary/aromatic N) is 4. The predicted octanol–water partition coefficient (Wildman–Crippen LogP) is 3.46. The van der Waals surface area contributed by atoms with E-state index >= 15 is 0 Å². The zero-order chi connectivity index (χ0) is 21.3. The highest BCUT2D eigenvalue weighted by molar-refractivity contribution is 9.09. The monoisotopic (exact) mass is 495 g/mol. The summed E-state index contributed by atoms with van der Waals surface area (Å²) in [7, 11) is 1.16. The summed E-state index contributed by atoms with van der Waals surface area (Å²) < 4.78 is 56.8. The van der Waals surface area contributed by atoms with Gasteiger partial charge < -0.3 is 10.1 Å². The van der Waals surface area contributed by atoms with Crippen molar-refractivity contribution in [1.29, 1.82) is 0 Å². The number of halogens is 6. The van der Waals surface area contributed by atoms with Crippen LogP contribution in [-0.2, 0) is 15.7 Å². The van der Waals surface area contributed by atoms with Crippen molar-refractivity contribution in [3.63, 3.8) is 0 Å². The average molecular weight is 497 g/mol. The molecular formula is C16H11BrClF4N5O2. The lowest BCUT2D eigenvalue weighted by Gasteiger charge is -2.26. The predicted molar refractivity (Wildman–Crippen MR) is 98.0 cm³/mol. The van der Waals surface area contributed by atoms with Crippen molar-refractivity contribution >= 4 is 39.5 Å². The van der Waals surface area contributed by atoms with E-state index in [0.717, 1.165) is 19.2 Å². The fourth-order valence-corrected chi connectivity index (χ4v) is 3.29. The topological polar surface area (TPSA) is 81.4 Å². The van der Waals surface area contributed by atoms with Gasteiger partial charge in [-0.15, -0.1) is 9.90 Å². The highest BCUT2D eigenvalue weighted by Gasteiger charge is 2.37. The number of carbonyl (C=O) groups excluding carboxylic acids is 1. The van der Waals surface area contributed by atoms with Crippen LogP contribution in [0.15, 0.2) is 40.7 Å². The molecular weight excluding hydrogens is 486 g/mol. The molecule has 0 amide bonds. The smallest absolute Gasteiger partial charge is 0.436 e. The molecule has 0 radical (unpaired) electrons. The van der Waals surface area contributed by atoms with Gasteiger partial charge in [-0.1, -0.05) is 33.6 Å². The van der Waals surface area contributed by atoms with Gasteiger partial charge in [-0.05, 0) is 12.1 Å². The lowest BCUT2D eigenvalue weighted by Crippen LogP contribution is -2.39. The molecule has 1 aromatic heterocycles. The fourth-order valence-electron chi connectivity index (χ4n) is 2.58. The molecule has 0 unspecified atom stereocenters. The van der Waals surface area contributed by atoms with Crippen molar-refractivity contribution in [2.75, 3.05) is 12.4 Å². The minimum absolute atomic E-state index is 0.0280. The number of hydrogen-bond acceptors (Lipinski definition) is 6. The fraction of sp³-hybridized carbons (Fsp3) is 0.250. The van der Waals surface area contributed by atoms with Crippen LogP contribution in [0.2, 0.25) is 5.02 Å². The molecule has 1 aliphatic rings. The van der Waals surface area contributed by atoms with Gasteiger partial charge in [0.25, 0.3) is 0 Å². The summed E-state index contributed by atoms with van der Waals surface area (Å²) in [5, 5.41) is 9.73. The van der Waals surface area contributed by atoms with E-state index in [4.69, 9.17) is 16.3 Å². The Hall–Kier alpha value is -2.47. The molecule has 0 bridgehead atoms. The van der Waals surface area contributed by atoms with Crippen LogP contribution in [0.5, 0.6) is 0 Å². The standard InChI is InChI=1S/C16H11BrClF4N5O2/c1-29-14(28)12-10(5-17)24-15(27-23-6-11(26-27)16(20,21)22)25-13(12)8-3-2-7(19)4-9(8)18/h2-4,6,13H,5H2,1H3,(H,24,25)/t13-/m0/s1. The zero-order valence-electron chi connectivity index (χ0n) is 14.5. The number of esters is 1. The highest BCUT2D eigenvalue weighted by atomic mass is 79.9. The second-order valence-corrected chi connectivity index (χ2v) is 6.65. The molecule has 7 nitrogen and oxygen atoms in total. The van der Waals surface area contributed by atoms with E-state index in [-0.39, 0.29) is 33.1 Å². The van der Waals surface area contributed by atoms with E-state index in [1.165, 1.54) is 6.07 Å². The second kappa shape index (κ2) is 8.11. The van der Waals surface area contributed by atoms with Crippen molar-refractivity contribution in [1.82, 2.24) is 20.3 Å². The lowest BCUT2D eigenvalue weighted by molar-refractivity contribution is -0.141. The van der Waals surface area contributed by atoms with Crippen LogP contribution in [0.4, 0.5) is 17.6 Å². The van der Waals surface area contributed by atoms with Crippen molar-refractivity contribution in [2.45, 2.75) is 12.2 Å². The number of aliphatic imine (C=N–C) groups is 1. The minimum atomic E-state index is -4.70. The Kier molecular flexibility index (Phi) is 5.94. The van der Waals surface area contributed by atoms with Crippen molar-refractivity contribution < 1.29 is 27.1 Å². The quantitative estimate of drug-likeness (QED) is 0.400. The molecule has 0 saturated carbocycles. The van der Waals surface area contributed by atoms with Gasteiger partial charge in [0, 0.05) is 21.6 Å². The number of nitrogens with one attached hydrogen (secondary N) is 1. The van der Waals surface area contributed by atoms with Gasteiger partial charge in [-0.2, -0.15) is 18.3 Å². The number of benzene rings is 1. The normalized spacial score (nSPS) is 17.1. The summed E-state index contributed by atoms with van der Waals surface area (Å²) in [6.45, 7) is 0. The third kappa shape index (κ3) is 4.27. The second-order valence-electron chi connectivity index (χ2n) is 5.68. The van der Waals surface area contributed by atoms with E-state index in [1.807, 2.05) is 0 Å². The minimum Gasteiger partial charge on any atom is -0.466 e. The maximum atomic E-state index is 13.5. The first kappa shape index (κ1) is 21.2. The number of allylic oxidation sites excluding steroid dienone is 1. The van der Waals surface area contributed by atoms with Gasteiger partial charge in [-0.25, -0.2) is 14.2 Å². The lowest BCUT2D eigenvalue weighted by atomic mass is 9.96. The third-order valence-corrected chi connectivity index (χ3v) is 4.77. The van der Waals surface area contributed by atoms with Gasteiger partial charge in [0.2, 0.25) is 5.96 Å². The van der Waals surface area contributed by atoms with Gasteiger partial charge in [0.1, 0.15) is 11.9 Å². The molecule has 0 spiro atoms. The molecule has 13 heteroatoms. The Morgan fingerprint density at radius 3 is 2.69 bits per heavy atom. The molecule has 0 fully saturated rings. The molecule has 154 valence electrons. The maximum absolute atomic E-state index is 13.5. The SMILES string of the molecule is COC(=O)C1=C(CBr)NC(n2ncc(C(F)(F)F)n2)=N[C@H]1c1ccc(F)cc1Cl. The molecule has 1 aliphatic heterocycles. The van der Waals surface area contributed by atoms with Crippen LogP contribution < -0.4 is 5.32 Å². The first-order valence-corrected chi connectivity index (χ1v) is 9.32. The van der Waals surface area contributed by atoms with E-state index < -0.39 is 29.7 Å². The largest absolute Gasteiger partial charge is 0.466 e. The van der Waals surface area contributed by atoms with E-state index in [1.54, 1.807) is 0 Å². The number of aromatic nitrogens is 3. The van der Waals surface area contributed by atoms with Crippen LogP contribution in [0.1, 0.15) is 17.3 Å². The summed E-state index contributed by atoms with van der Waals surface area (Å²) >= 11 is 9.33. The van der Waals surface area contributed by atoms with Gasteiger partial charge >= 0.3 is 12.1 Å². The molecule has 0 saturated heterocycles. The summed E-state index contributed by atoms with van der Waals surface area (Å²) in [6, 6.07) is 2.38. The Labute approximate surface area is 174 Å². The number of alkyl halides is 4. The van der Waals surface area contributed by atoms with E-state index in [2.05, 4.69) is 36.4 Å².